The molecule has 3 aromatic carbocycles. The van der Waals surface area contributed by atoms with Gasteiger partial charge in [0.1, 0.15) is 0 Å². The Balaban J connectivity index is 1.46. The number of para-hydroxylation sites is 1. The molecule has 6 heteroatoms. The number of carbonyl (C=O) groups excluding carboxylic acids is 1. The summed E-state index contributed by atoms with van der Waals surface area (Å²) in [6, 6.07) is 20.8. The molecule has 32 heavy (non-hydrogen) atoms. The lowest BCUT2D eigenvalue weighted by Gasteiger charge is -1.99. The zero-order chi connectivity index (χ0) is 22.1. The van der Waals surface area contributed by atoms with E-state index in [0.717, 1.165) is 43.9 Å². The Hall–Kier alpha value is -4.45. The number of aromatic hydroxyl groups is 1. The van der Waals surface area contributed by atoms with Gasteiger partial charge in [-0.3, -0.25) is 0 Å². The number of esters is 1. The molecule has 0 saturated carbocycles. The lowest BCUT2D eigenvalue weighted by Crippen LogP contribution is -2.08. The van der Waals surface area contributed by atoms with Crippen molar-refractivity contribution in [3.8, 4) is 5.88 Å². The molecule has 0 aliphatic carbocycles. The number of benzene rings is 3. The molecular formula is C26H19N3O3. The van der Waals surface area contributed by atoms with E-state index in [0.29, 0.717) is 5.56 Å². The van der Waals surface area contributed by atoms with Crippen molar-refractivity contribution in [3.05, 3.63) is 99.9 Å². The molecule has 0 unspecified atom stereocenters. The lowest BCUT2D eigenvalue weighted by molar-refractivity contribution is 0.0600. The van der Waals surface area contributed by atoms with Gasteiger partial charge in [-0.1, -0.05) is 42.5 Å². The van der Waals surface area contributed by atoms with Crippen molar-refractivity contribution in [1.29, 1.82) is 0 Å². The van der Waals surface area contributed by atoms with Crippen LogP contribution in [0, 0.1) is 0 Å². The number of hydrogen-bond acceptors (Lipinski definition) is 5. The number of aromatic amines is 1. The predicted molar refractivity (Wildman–Crippen MR) is 124 cm³/mol. The minimum absolute atomic E-state index is 0.140. The number of fused-ring (bicyclic) bond motifs is 2. The van der Waals surface area contributed by atoms with Gasteiger partial charge in [-0.25, -0.2) is 4.79 Å². The van der Waals surface area contributed by atoms with Crippen molar-refractivity contribution in [2.45, 2.75) is 0 Å². The second kappa shape index (κ2) is 8.00. The van der Waals surface area contributed by atoms with Crippen molar-refractivity contribution >= 4 is 40.4 Å². The first-order valence-electron chi connectivity index (χ1n) is 10.1. The summed E-state index contributed by atoms with van der Waals surface area (Å²) < 4.78 is 4.72. The summed E-state index contributed by atoms with van der Waals surface area (Å²) in [5.41, 5.74) is 4.62. The van der Waals surface area contributed by atoms with Gasteiger partial charge in [0, 0.05) is 21.7 Å². The zero-order valence-corrected chi connectivity index (χ0v) is 17.2. The van der Waals surface area contributed by atoms with Crippen LogP contribution in [0.3, 0.4) is 0 Å². The fourth-order valence-electron chi connectivity index (χ4n) is 3.71. The second-order valence-electron chi connectivity index (χ2n) is 7.39. The molecule has 0 saturated heterocycles. The SMILES string of the molecule is COC(=O)c1ccc(/C=C/C2=c3ccc(=Cc4c(O)[nH]c5ccccc45)cc3N=N2)cc1. The molecule has 4 aromatic rings. The van der Waals surface area contributed by atoms with Crippen molar-refractivity contribution in [2.75, 3.05) is 7.11 Å². The van der Waals surface area contributed by atoms with Gasteiger partial charge in [-0.2, -0.15) is 0 Å². The van der Waals surface area contributed by atoms with E-state index in [1.807, 2.05) is 72.8 Å². The molecule has 2 heterocycles. The summed E-state index contributed by atoms with van der Waals surface area (Å²) in [5.74, 6) is -0.219. The van der Waals surface area contributed by atoms with E-state index in [4.69, 9.17) is 4.74 Å². The van der Waals surface area contributed by atoms with Crippen LogP contribution < -0.4 is 10.4 Å². The standard InChI is InChI=1S/C26H19N3O3/c1-32-26(31)18-10-6-16(7-11-18)9-13-23-20-12-8-17(15-24(20)29-28-23)14-21-19-4-2-3-5-22(19)27-25(21)30/h2-15,27,30H,1H3/b13-9+,17-14?. The van der Waals surface area contributed by atoms with Crippen LogP contribution in [0.2, 0.25) is 0 Å². The number of nitrogens with zero attached hydrogens (tertiary/aromatic N) is 2. The molecular weight excluding hydrogens is 402 g/mol. The Morgan fingerprint density at radius 2 is 1.81 bits per heavy atom. The third-order valence-electron chi connectivity index (χ3n) is 5.37. The van der Waals surface area contributed by atoms with Gasteiger partial charge in [0.2, 0.25) is 0 Å². The fraction of sp³-hybridized carbons (Fsp3) is 0.0385. The van der Waals surface area contributed by atoms with Gasteiger partial charge in [-0.05, 0) is 53.3 Å². The van der Waals surface area contributed by atoms with Gasteiger partial charge < -0.3 is 14.8 Å². The quantitative estimate of drug-likeness (QED) is 0.479. The summed E-state index contributed by atoms with van der Waals surface area (Å²) in [6.07, 6.45) is 5.76. The Kier molecular flexibility index (Phi) is 4.88. The fourth-order valence-corrected chi connectivity index (χ4v) is 3.71. The van der Waals surface area contributed by atoms with E-state index in [-0.39, 0.29) is 11.8 Å². The monoisotopic (exact) mass is 421 g/mol. The Labute approximate surface area is 183 Å². The highest BCUT2D eigenvalue weighted by atomic mass is 16.5. The van der Waals surface area contributed by atoms with Gasteiger partial charge in [0.15, 0.2) is 5.88 Å². The summed E-state index contributed by atoms with van der Waals surface area (Å²) in [6.45, 7) is 0. The number of aromatic nitrogens is 1. The molecule has 0 radical (unpaired) electrons. The highest BCUT2D eigenvalue weighted by molar-refractivity contribution is 5.92. The minimum atomic E-state index is -0.359. The maximum absolute atomic E-state index is 11.5. The molecule has 0 atom stereocenters. The van der Waals surface area contributed by atoms with E-state index in [2.05, 4.69) is 15.2 Å². The molecule has 156 valence electrons. The molecule has 0 bridgehead atoms. The number of methoxy groups -OCH3 is 1. The largest absolute Gasteiger partial charge is 0.494 e. The van der Waals surface area contributed by atoms with Crippen molar-refractivity contribution in [3.63, 3.8) is 0 Å². The van der Waals surface area contributed by atoms with Crippen LogP contribution in [0.25, 0.3) is 28.8 Å². The second-order valence-corrected chi connectivity index (χ2v) is 7.39. The number of rotatable bonds is 4. The Morgan fingerprint density at radius 1 is 1.00 bits per heavy atom. The van der Waals surface area contributed by atoms with Gasteiger partial charge >= 0.3 is 5.97 Å². The van der Waals surface area contributed by atoms with E-state index in [1.165, 1.54) is 7.11 Å². The first-order valence-corrected chi connectivity index (χ1v) is 10.1. The highest BCUT2D eigenvalue weighted by Gasteiger charge is 2.09. The topological polar surface area (TPSA) is 87.0 Å². The molecule has 0 spiro atoms. The maximum atomic E-state index is 11.5. The van der Waals surface area contributed by atoms with Crippen LogP contribution in [0.15, 0.2) is 83.0 Å². The summed E-state index contributed by atoms with van der Waals surface area (Å²) in [4.78, 5) is 14.5. The zero-order valence-electron chi connectivity index (χ0n) is 17.2. The summed E-state index contributed by atoms with van der Waals surface area (Å²) in [7, 11) is 1.36. The highest BCUT2D eigenvalue weighted by Crippen LogP contribution is 2.27. The Morgan fingerprint density at radius 3 is 2.62 bits per heavy atom. The molecule has 1 aromatic heterocycles. The molecule has 1 aliphatic rings. The van der Waals surface area contributed by atoms with Crippen LogP contribution in [-0.2, 0) is 4.74 Å². The van der Waals surface area contributed by atoms with Crippen LogP contribution in [0.1, 0.15) is 21.5 Å². The number of H-pyrrole nitrogens is 1. The van der Waals surface area contributed by atoms with Crippen molar-refractivity contribution < 1.29 is 14.6 Å². The van der Waals surface area contributed by atoms with Crippen LogP contribution in [-0.4, -0.2) is 23.2 Å². The summed E-state index contributed by atoms with van der Waals surface area (Å²) in [5, 5.41) is 21.7. The van der Waals surface area contributed by atoms with E-state index >= 15 is 0 Å². The molecule has 0 fully saturated rings. The molecule has 2 N–H and O–H groups in total. The van der Waals surface area contributed by atoms with Crippen LogP contribution in [0.5, 0.6) is 5.88 Å². The molecule has 5 rings (SSSR count). The number of carbonyl (C=O) groups is 1. The normalized spacial score (nSPS) is 13.3. The Bertz CT molecular complexity index is 1530. The summed E-state index contributed by atoms with van der Waals surface area (Å²) >= 11 is 0. The van der Waals surface area contributed by atoms with E-state index in [9.17, 15) is 9.90 Å². The number of azo groups is 1. The van der Waals surface area contributed by atoms with Crippen molar-refractivity contribution in [1.82, 2.24) is 4.98 Å². The average Bonchev–Trinajstić information content (AvgIpc) is 3.37. The van der Waals surface area contributed by atoms with Gasteiger partial charge in [-0.15, -0.1) is 10.2 Å². The predicted octanol–water partition coefficient (Wildman–Crippen LogP) is 4.41. The smallest absolute Gasteiger partial charge is 0.337 e. The third kappa shape index (κ3) is 3.58. The van der Waals surface area contributed by atoms with E-state index < -0.39 is 0 Å². The molecule has 6 nitrogen and oxygen atoms in total. The van der Waals surface area contributed by atoms with Crippen molar-refractivity contribution in [2.24, 2.45) is 10.2 Å². The average molecular weight is 421 g/mol. The number of nitrogens with one attached hydrogen (secondary N) is 1. The molecule has 0 amide bonds. The number of hydrogen-bond donors (Lipinski definition) is 2. The van der Waals surface area contributed by atoms with Gasteiger partial charge in [0.25, 0.3) is 0 Å². The van der Waals surface area contributed by atoms with Crippen LogP contribution >= 0.6 is 0 Å². The minimum Gasteiger partial charge on any atom is -0.494 e. The lowest BCUT2D eigenvalue weighted by atomic mass is 10.1. The maximum Gasteiger partial charge on any atom is 0.337 e. The number of ether oxygens (including phenoxy) is 1. The van der Waals surface area contributed by atoms with Crippen LogP contribution in [0.4, 0.5) is 5.69 Å². The first kappa shape index (κ1) is 19.5. The first-order chi connectivity index (χ1) is 15.6. The van der Waals surface area contributed by atoms with E-state index in [1.54, 1.807) is 12.1 Å². The third-order valence-corrected chi connectivity index (χ3v) is 5.37. The molecule has 1 aliphatic heterocycles. The van der Waals surface area contributed by atoms with Gasteiger partial charge in [0.05, 0.1) is 24.1 Å².